The first kappa shape index (κ1) is 22.5. The number of amides is 1. The molecule has 4 rings (SSSR count). The number of nitrogens with one attached hydrogen (secondary N) is 2. The van der Waals surface area contributed by atoms with E-state index in [1.807, 2.05) is 19.9 Å². The van der Waals surface area contributed by atoms with Gasteiger partial charge >= 0.3 is 6.18 Å². The number of alkyl halides is 4. The van der Waals surface area contributed by atoms with E-state index in [1.165, 1.54) is 0 Å². The van der Waals surface area contributed by atoms with Gasteiger partial charge in [-0.15, -0.1) is 0 Å². The average molecular weight is 456 g/mol. The number of nitrogens with zero attached hydrogens (tertiary/aromatic N) is 2. The van der Waals surface area contributed by atoms with Gasteiger partial charge in [-0.25, -0.2) is 4.39 Å². The summed E-state index contributed by atoms with van der Waals surface area (Å²) in [5.74, 6) is -0.550. The number of aromatic nitrogens is 3. The quantitative estimate of drug-likeness (QED) is 0.592. The fourth-order valence-electron chi connectivity index (χ4n) is 3.75. The first-order valence-electron chi connectivity index (χ1n) is 10.3. The molecule has 1 saturated carbocycles. The number of rotatable bonds is 8. The van der Waals surface area contributed by atoms with E-state index < -0.39 is 29.9 Å². The van der Waals surface area contributed by atoms with Crippen molar-refractivity contribution in [2.45, 2.75) is 50.5 Å². The van der Waals surface area contributed by atoms with E-state index in [-0.39, 0.29) is 30.2 Å². The van der Waals surface area contributed by atoms with Crippen LogP contribution in [0.15, 0.2) is 18.3 Å². The van der Waals surface area contributed by atoms with Crippen LogP contribution in [0.3, 0.4) is 0 Å². The van der Waals surface area contributed by atoms with Crippen LogP contribution in [0.2, 0.25) is 0 Å². The summed E-state index contributed by atoms with van der Waals surface area (Å²) in [4.78, 5) is 17.0. The molecule has 11 heteroatoms. The smallest absolute Gasteiger partial charge is 0.422 e. The lowest BCUT2D eigenvalue weighted by molar-refractivity contribution is -0.156. The standard InChI is InChI=1S/C21H24F4N4O3/c1-12-5-17(29-28-12)19(2,7-13-3-4-13)27-18(30)15-6-16(32-11-21(23,24)25)14(8-26-15)20(22)9-31-10-20/h5-6,8,13H,3-4,7,9-11H2,1-2H3,(H,27,30)(H,28,29). The molecule has 0 bridgehead atoms. The Morgan fingerprint density at radius 2 is 2.06 bits per heavy atom. The fraction of sp³-hybridized carbons (Fsp3) is 0.571. The molecule has 1 unspecified atom stereocenters. The van der Waals surface area contributed by atoms with Gasteiger partial charge in [0, 0.05) is 18.0 Å². The summed E-state index contributed by atoms with van der Waals surface area (Å²) in [7, 11) is 0. The largest absolute Gasteiger partial charge is 0.484 e. The number of halogens is 4. The molecule has 0 radical (unpaired) electrons. The van der Waals surface area contributed by atoms with Crippen molar-refractivity contribution in [2.75, 3.05) is 19.8 Å². The molecule has 2 aromatic rings. The highest BCUT2D eigenvalue weighted by Crippen LogP contribution is 2.41. The van der Waals surface area contributed by atoms with Gasteiger partial charge in [-0.2, -0.15) is 18.3 Å². The van der Waals surface area contributed by atoms with Crippen molar-refractivity contribution in [1.29, 1.82) is 0 Å². The van der Waals surface area contributed by atoms with E-state index in [9.17, 15) is 22.4 Å². The lowest BCUT2D eigenvalue weighted by atomic mass is 9.90. The fourth-order valence-corrected chi connectivity index (χ4v) is 3.75. The van der Waals surface area contributed by atoms with Gasteiger partial charge < -0.3 is 14.8 Å². The van der Waals surface area contributed by atoms with Crippen LogP contribution in [0, 0.1) is 12.8 Å². The Morgan fingerprint density at radius 1 is 1.34 bits per heavy atom. The molecule has 1 aliphatic carbocycles. The van der Waals surface area contributed by atoms with Crippen LogP contribution in [0.5, 0.6) is 5.75 Å². The number of ether oxygens (including phenoxy) is 2. The highest BCUT2D eigenvalue weighted by molar-refractivity contribution is 5.93. The summed E-state index contributed by atoms with van der Waals surface area (Å²) in [6.07, 6.45) is -0.817. The molecule has 3 heterocycles. The second kappa shape index (κ2) is 8.02. The summed E-state index contributed by atoms with van der Waals surface area (Å²) in [5, 5.41) is 10.1. The molecule has 7 nitrogen and oxygen atoms in total. The zero-order chi connectivity index (χ0) is 23.1. The summed E-state index contributed by atoms with van der Waals surface area (Å²) in [6.45, 7) is 1.43. The van der Waals surface area contributed by atoms with Crippen molar-refractivity contribution in [2.24, 2.45) is 5.92 Å². The maximum absolute atomic E-state index is 14.9. The van der Waals surface area contributed by atoms with Crippen molar-refractivity contribution >= 4 is 5.91 Å². The first-order valence-corrected chi connectivity index (χ1v) is 10.3. The monoisotopic (exact) mass is 456 g/mol. The lowest BCUT2D eigenvalue weighted by Gasteiger charge is -2.35. The minimum absolute atomic E-state index is 0.173. The second-order valence-corrected chi connectivity index (χ2v) is 8.80. The molecule has 1 atom stereocenters. The minimum Gasteiger partial charge on any atom is -0.484 e. The number of hydrogen-bond donors (Lipinski definition) is 2. The van der Waals surface area contributed by atoms with Crippen LogP contribution in [-0.4, -0.2) is 47.1 Å². The predicted octanol–water partition coefficient (Wildman–Crippen LogP) is 3.69. The van der Waals surface area contributed by atoms with Crippen molar-refractivity contribution in [1.82, 2.24) is 20.5 Å². The molecule has 2 fully saturated rings. The van der Waals surface area contributed by atoms with E-state index >= 15 is 0 Å². The van der Waals surface area contributed by atoms with E-state index in [0.717, 1.165) is 30.8 Å². The summed E-state index contributed by atoms with van der Waals surface area (Å²) in [6, 6.07) is 2.88. The Bertz CT molecular complexity index is 1000. The molecule has 174 valence electrons. The third kappa shape index (κ3) is 4.87. The zero-order valence-corrected chi connectivity index (χ0v) is 17.7. The average Bonchev–Trinajstić information content (AvgIpc) is 3.39. The molecule has 1 aliphatic heterocycles. The van der Waals surface area contributed by atoms with Gasteiger partial charge in [0.1, 0.15) is 11.4 Å². The minimum atomic E-state index is -4.62. The molecule has 0 spiro atoms. The lowest BCUT2D eigenvalue weighted by Crippen LogP contribution is -2.45. The van der Waals surface area contributed by atoms with Crippen LogP contribution in [-0.2, 0) is 15.9 Å². The van der Waals surface area contributed by atoms with Gasteiger partial charge in [-0.05, 0) is 32.3 Å². The Hall–Kier alpha value is -2.69. The second-order valence-electron chi connectivity index (χ2n) is 8.80. The van der Waals surface area contributed by atoms with E-state index in [0.29, 0.717) is 18.0 Å². The van der Waals surface area contributed by atoms with Crippen LogP contribution in [0.1, 0.15) is 53.6 Å². The van der Waals surface area contributed by atoms with Crippen LogP contribution in [0.4, 0.5) is 17.6 Å². The zero-order valence-electron chi connectivity index (χ0n) is 17.7. The molecule has 2 aliphatic rings. The van der Waals surface area contributed by atoms with E-state index in [2.05, 4.69) is 20.5 Å². The van der Waals surface area contributed by atoms with Crippen LogP contribution in [0.25, 0.3) is 0 Å². The third-order valence-corrected chi connectivity index (χ3v) is 5.69. The molecule has 32 heavy (non-hydrogen) atoms. The number of aryl methyl sites for hydroxylation is 1. The van der Waals surface area contributed by atoms with Crippen LogP contribution < -0.4 is 10.1 Å². The Labute approximate surface area is 181 Å². The highest BCUT2D eigenvalue weighted by Gasteiger charge is 2.44. The Kier molecular flexibility index (Phi) is 5.64. The number of H-pyrrole nitrogens is 1. The molecular weight excluding hydrogens is 432 g/mol. The number of aromatic amines is 1. The number of hydrogen-bond acceptors (Lipinski definition) is 5. The van der Waals surface area contributed by atoms with Gasteiger partial charge in [0.25, 0.3) is 5.91 Å². The molecule has 1 saturated heterocycles. The maximum Gasteiger partial charge on any atom is 0.422 e. The number of pyridine rings is 1. The molecule has 2 N–H and O–H groups in total. The molecule has 0 aromatic carbocycles. The van der Waals surface area contributed by atoms with E-state index in [4.69, 9.17) is 9.47 Å². The molecular formula is C21H24F4N4O3. The van der Waals surface area contributed by atoms with Crippen molar-refractivity contribution in [3.05, 3.63) is 41.0 Å². The first-order chi connectivity index (χ1) is 15.0. The summed E-state index contributed by atoms with van der Waals surface area (Å²) in [5.41, 5.74) is -1.68. The van der Waals surface area contributed by atoms with Gasteiger partial charge in [0.05, 0.1) is 30.0 Å². The Balaban J connectivity index is 1.60. The van der Waals surface area contributed by atoms with Crippen molar-refractivity contribution < 1.29 is 31.8 Å². The molecule has 1 amide bonds. The van der Waals surface area contributed by atoms with Gasteiger partial charge in [-0.1, -0.05) is 12.8 Å². The summed E-state index contributed by atoms with van der Waals surface area (Å²) >= 11 is 0. The van der Waals surface area contributed by atoms with Crippen LogP contribution >= 0.6 is 0 Å². The predicted molar refractivity (Wildman–Crippen MR) is 105 cm³/mol. The normalized spacial score (nSPS) is 19.7. The van der Waals surface area contributed by atoms with Gasteiger partial charge in [0.15, 0.2) is 12.3 Å². The SMILES string of the molecule is Cc1cc(C(C)(CC2CC2)NC(=O)c2cc(OCC(F)(F)F)c(C3(F)COC3)cn2)n[nH]1. The topological polar surface area (TPSA) is 89.1 Å². The molecule has 2 aromatic heterocycles. The Morgan fingerprint density at radius 3 is 2.59 bits per heavy atom. The number of carbonyl (C=O) groups excluding carboxylic acids is 1. The van der Waals surface area contributed by atoms with E-state index in [1.54, 1.807) is 0 Å². The highest BCUT2D eigenvalue weighted by atomic mass is 19.4. The number of carbonyl (C=O) groups is 1. The summed E-state index contributed by atoms with van der Waals surface area (Å²) < 4.78 is 62.7. The van der Waals surface area contributed by atoms with Gasteiger partial charge in [-0.3, -0.25) is 14.9 Å². The maximum atomic E-state index is 14.9. The van der Waals surface area contributed by atoms with Crippen molar-refractivity contribution in [3.63, 3.8) is 0 Å². The van der Waals surface area contributed by atoms with Crippen molar-refractivity contribution in [3.8, 4) is 5.75 Å². The van der Waals surface area contributed by atoms with Gasteiger partial charge in [0.2, 0.25) is 0 Å². The third-order valence-electron chi connectivity index (χ3n) is 5.69.